The van der Waals surface area contributed by atoms with Crippen LogP contribution in [0.2, 0.25) is 0 Å². The summed E-state index contributed by atoms with van der Waals surface area (Å²) in [7, 11) is 0. The smallest absolute Gasteiger partial charge is 0.408 e. The van der Waals surface area contributed by atoms with Crippen LogP contribution >= 0.6 is 0 Å². The molecule has 0 spiro atoms. The number of allylic oxidation sites excluding steroid dienone is 1. The molecule has 7 heteroatoms. The van der Waals surface area contributed by atoms with Crippen LogP contribution in [0.25, 0.3) is 0 Å². The number of halogens is 1. The van der Waals surface area contributed by atoms with Gasteiger partial charge in [-0.2, -0.15) is 5.26 Å². The maximum Gasteiger partial charge on any atom is 0.408 e. The van der Waals surface area contributed by atoms with Gasteiger partial charge < -0.3 is 15.0 Å². The molecule has 2 fully saturated rings. The van der Waals surface area contributed by atoms with E-state index >= 15 is 0 Å². The van der Waals surface area contributed by atoms with Crippen LogP contribution in [0.15, 0.2) is 12.2 Å². The molecule has 1 aliphatic heterocycles. The van der Waals surface area contributed by atoms with E-state index in [1.807, 2.05) is 19.9 Å². The summed E-state index contributed by atoms with van der Waals surface area (Å²) in [5.41, 5.74) is 0.530. The number of hydrogen-bond acceptors (Lipinski definition) is 4. The number of carbonyl (C=O) groups is 2. The van der Waals surface area contributed by atoms with E-state index in [0.29, 0.717) is 18.3 Å². The molecule has 1 heterocycles. The minimum absolute atomic E-state index is 0.0152. The topological polar surface area (TPSA) is 82.4 Å². The maximum atomic E-state index is 13.8. The highest BCUT2D eigenvalue weighted by atomic mass is 19.1. The standard InChI is InChI=1S/C22H34FN3O3.C2H6/c1-14-8-15(2)10-16(9-14)6-7-19(25-21(28)29-22(3,4)5)20(27)26-13-17(23)11-18(26)12-24;1-2/h15-19H,1,6-11,13H2,2-5H3,(H,25,28);1-2H3. The van der Waals surface area contributed by atoms with Crippen molar-refractivity contribution < 1.29 is 18.7 Å². The molecule has 6 nitrogen and oxygen atoms in total. The van der Waals surface area contributed by atoms with Crippen molar-refractivity contribution in [2.24, 2.45) is 11.8 Å². The highest BCUT2D eigenvalue weighted by molar-refractivity contribution is 5.86. The van der Waals surface area contributed by atoms with Gasteiger partial charge in [0.2, 0.25) is 5.91 Å². The zero-order valence-corrected chi connectivity index (χ0v) is 20.0. The van der Waals surface area contributed by atoms with Crippen molar-refractivity contribution in [2.45, 2.75) is 104 Å². The molecule has 31 heavy (non-hydrogen) atoms. The van der Waals surface area contributed by atoms with E-state index in [9.17, 15) is 19.2 Å². The number of ether oxygens (including phenoxy) is 1. The van der Waals surface area contributed by atoms with Gasteiger partial charge in [-0.25, -0.2) is 9.18 Å². The molecule has 0 aromatic carbocycles. The van der Waals surface area contributed by atoms with Gasteiger partial charge in [0.25, 0.3) is 0 Å². The lowest BCUT2D eigenvalue weighted by Gasteiger charge is -2.31. The van der Waals surface area contributed by atoms with Crippen molar-refractivity contribution >= 4 is 12.0 Å². The van der Waals surface area contributed by atoms with Gasteiger partial charge >= 0.3 is 6.09 Å². The van der Waals surface area contributed by atoms with Crippen molar-refractivity contribution in [1.29, 1.82) is 5.26 Å². The highest BCUT2D eigenvalue weighted by Gasteiger charge is 2.39. The van der Waals surface area contributed by atoms with Gasteiger partial charge in [-0.3, -0.25) is 4.79 Å². The average molecular weight is 438 g/mol. The molecule has 176 valence electrons. The summed E-state index contributed by atoms with van der Waals surface area (Å²) in [5, 5.41) is 11.9. The van der Waals surface area contributed by atoms with E-state index in [0.717, 1.165) is 25.7 Å². The van der Waals surface area contributed by atoms with Crippen molar-refractivity contribution in [3.05, 3.63) is 12.2 Å². The zero-order valence-electron chi connectivity index (χ0n) is 20.0. The Labute approximate surface area is 187 Å². The molecule has 1 aliphatic carbocycles. The SMILES string of the molecule is C=C1CC(C)CC(CCC(NC(=O)OC(C)(C)C)C(=O)N2CC(F)CC2C#N)C1.CC. The second kappa shape index (κ2) is 12.1. The van der Waals surface area contributed by atoms with Gasteiger partial charge in [-0.1, -0.05) is 32.9 Å². The molecule has 0 radical (unpaired) electrons. The van der Waals surface area contributed by atoms with Crippen molar-refractivity contribution in [3.63, 3.8) is 0 Å². The Hall–Kier alpha value is -2.10. The van der Waals surface area contributed by atoms with Crippen molar-refractivity contribution in [1.82, 2.24) is 10.2 Å². The summed E-state index contributed by atoms with van der Waals surface area (Å²) in [6.45, 7) is 15.4. The Bertz CT molecular complexity index is 668. The number of carbonyl (C=O) groups excluding carboxylic acids is 2. The number of hydrogen-bond donors (Lipinski definition) is 1. The third-order valence-corrected chi connectivity index (χ3v) is 5.48. The summed E-state index contributed by atoms with van der Waals surface area (Å²) in [5.74, 6) is 0.551. The van der Waals surface area contributed by atoms with E-state index in [4.69, 9.17) is 4.74 Å². The van der Waals surface area contributed by atoms with Crippen LogP contribution in [-0.2, 0) is 9.53 Å². The number of alkyl carbamates (subject to hydrolysis) is 1. The summed E-state index contributed by atoms with van der Waals surface area (Å²) in [4.78, 5) is 26.6. The van der Waals surface area contributed by atoms with Gasteiger partial charge in [-0.15, -0.1) is 0 Å². The predicted octanol–water partition coefficient (Wildman–Crippen LogP) is 5.14. The fraction of sp³-hybridized carbons (Fsp3) is 0.792. The number of nitrogens with zero attached hydrogens (tertiary/aromatic N) is 2. The molecular weight excluding hydrogens is 397 g/mol. The lowest BCUT2D eigenvalue weighted by molar-refractivity contribution is -0.133. The Morgan fingerprint density at radius 2 is 1.97 bits per heavy atom. The van der Waals surface area contributed by atoms with Crippen LogP contribution in [0, 0.1) is 23.2 Å². The first-order chi connectivity index (χ1) is 14.5. The second-order valence-electron chi connectivity index (χ2n) is 9.61. The van der Waals surface area contributed by atoms with Crippen LogP contribution < -0.4 is 5.32 Å². The molecule has 0 aromatic rings. The summed E-state index contributed by atoms with van der Waals surface area (Å²) in [6, 6.07) is 0.365. The van der Waals surface area contributed by atoms with Gasteiger partial charge in [0.15, 0.2) is 0 Å². The molecule has 1 saturated heterocycles. The third kappa shape index (κ3) is 8.88. The predicted molar refractivity (Wildman–Crippen MR) is 120 cm³/mol. The Kier molecular flexibility index (Phi) is 10.5. The number of alkyl halides is 1. The van der Waals surface area contributed by atoms with Gasteiger partial charge in [-0.05, 0) is 64.7 Å². The van der Waals surface area contributed by atoms with Crippen LogP contribution in [-0.4, -0.2) is 47.3 Å². The molecule has 0 bridgehead atoms. The number of nitriles is 1. The van der Waals surface area contributed by atoms with E-state index in [2.05, 4.69) is 18.8 Å². The summed E-state index contributed by atoms with van der Waals surface area (Å²) < 4.78 is 19.1. The monoisotopic (exact) mass is 437 g/mol. The van der Waals surface area contributed by atoms with E-state index in [1.165, 1.54) is 10.5 Å². The van der Waals surface area contributed by atoms with Crippen molar-refractivity contribution in [3.8, 4) is 6.07 Å². The highest BCUT2D eigenvalue weighted by Crippen LogP contribution is 2.34. The van der Waals surface area contributed by atoms with E-state index in [-0.39, 0.29) is 13.0 Å². The fourth-order valence-corrected chi connectivity index (χ4v) is 4.40. The molecular formula is C24H40FN3O3. The Morgan fingerprint density at radius 1 is 1.32 bits per heavy atom. The normalized spacial score (nSPS) is 26.9. The van der Waals surface area contributed by atoms with Crippen LogP contribution in [0.5, 0.6) is 0 Å². The molecule has 2 rings (SSSR count). The molecule has 1 N–H and O–H groups in total. The maximum absolute atomic E-state index is 13.8. The first-order valence-corrected chi connectivity index (χ1v) is 11.5. The lowest BCUT2D eigenvalue weighted by atomic mass is 9.77. The van der Waals surface area contributed by atoms with Crippen LogP contribution in [0.4, 0.5) is 9.18 Å². The minimum atomic E-state index is -1.21. The van der Waals surface area contributed by atoms with Gasteiger partial charge in [0.05, 0.1) is 12.6 Å². The summed E-state index contributed by atoms with van der Waals surface area (Å²) >= 11 is 0. The number of nitrogens with one attached hydrogen (secondary N) is 1. The molecule has 5 atom stereocenters. The third-order valence-electron chi connectivity index (χ3n) is 5.48. The van der Waals surface area contributed by atoms with Crippen LogP contribution in [0.1, 0.15) is 80.1 Å². The Balaban J connectivity index is 0.00000233. The molecule has 2 amide bonds. The van der Waals surface area contributed by atoms with Gasteiger partial charge in [0, 0.05) is 6.42 Å². The fourth-order valence-electron chi connectivity index (χ4n) is 4.40. The van der Waals surface area contributed by atoms with Crippen molar-refractivity contribution in [2.75, 3.05) is 6.54 Å². The number of likely N-dealkylation sites (tertiary alicyclic amines) is 1. The summed E-state index contributed by atoms with van der Waals surface area (Å²) in [6.07, 6.45) is 2.31. The first-order valence-electron chi connectivity index (χ1n) is 11.5. The van der Waals surface area contributed by atoms with Crippen LogP contribution in [0.3, 0.4) is 0 Å². The minimum Gasteiger partial charge on any atom is -0.444 e. The lowest BCUT2D eigenvalue weighted by Crippen LogP contribution is -2.51. The van der Waals surface area contributed by atoms with E-state index < -0.39 is 35.9 Å². The second-order valence-corrected chi connectivity index (χ2v) is 9.61. The number of rotatable bonds is 5. The average Bonchev–Trinajstić information content (AvgIpc) is 3.04. The quantitative estimate of drug-likeness (QED) is 0.604. The molecule has 1 saturated carbocycles. The molecule has 2 aliphatic rings. The molecule has 0 aromatic heterocycles. The van der Waals surface area contributed by atoms with E-state index in [1.54, 1.807) is 20.8 Å². The largest absolute Gasteiger partial charge is 0.444 e. The number of amides is 2. The zero-order chi connectivity index (χ0) is 23.8. The first kappa shape index (κ1) is 26.9. The molecule has 5 unspecified atom stereocenters. The van der Waals surface area contributed by atoms with Gasteiger partial charge in [0.1, 0.15) is 23.9 Å². The Morgan fingerprint density at radius 3 is 2.52 bits per heavy atom.